The van der Waals surface area contributed by atoms with Crippen LogP contribution in [0, 0.1) is 0 Å². The zero-order valence-electron chi connectivity index (χ0n) is 63.6. The summed E-state index contributed by atoms with van der Waals surface area (Å²) in [6.07, 6.45) is 104. The number of ether oxygens (including phenoxy) is 2. The zero-order chi connectivity index (χ0) is 69.9. The second kappa shape index (κ2) is 75.8. The molecule has 1 amide bonds. The predicted molar refractivity (Wildman–Crippen MR) is 419 cm³/mol. The van der Waals surface area contributed by atoms with E-state index in [1.807, 2.05) is 6.08 Å². The molecule has 0 aliphatic carbocycles. The summed E-state index contributed by atoms with van der Waals surface area (Å²) < 4.78 is 11.4. The van der Waals surface area contributed by atoms with Gasteiger partial charge in [-0.25, -0.2) is 0 Å². The maximum atomic E-state index is 13.2. The molecule has 0 aromatic rings. The van der Waals surface area contributed by atoms with Gasteiger partial charge in [-0.2, -0.15) is 0 Å². The number of amides is 1. The Balaban J connectivity index is 2.06. The summed E-state index contributed by atoms with van der Waals surface area (Å²) in [5.41, 5.74) is 0. The van der Waals surface area contributed by atoms with E-state index >= 15 is 0 Å². The maximum Gasteiger partial charge on any atom is 0.220 e. The summed E-state index contributed by atoms with van der Waals surface area (Å²) in [5.74, 6) is -0.171. The highest BCUT2D eigenvalue weighted by molar-refractivity contribution is 5.76. The Morgan fingerprint density at radius 2 is 0.639 bits per heavy atom. The fraction of sp³-hybridized carbons (Fsp3) is 0.807. The third-order valence-corrected chi connectivity index (χ3v) is 19.7. The second-order valence-electron chi connectivity index (χ2n) is 28.9. The van der Waals surface area contributed by atoms with Crippen LogP contribution in [0.15, 0.2) is 97.2 Å². The van der Waals surface area contributed by atoms with Crippen molar-refractivity contribution < 1.29 is 39.8 Å². The fourth-order valence-corrected chi connectivity index (χ4v) is 13.2. The molecule has 1 fully saturated rings. The van der Waals surface area contributed by atoms with Crippen LogP contribution in [-0.2, 0) is 14.3 Å². The van der Waals surface area contributed by atoms with E-state index in [2.05, 4.69) is 104 Å². The maximum absolute atomic E-state index is 13.2. The van der Waals surface area contributed by atoms with Crippen molar-refractivity contribution in [1.82, 2.24) is 5.32 Å². The van der Waals surface area contributed by atoms with Crippen LogP contribution in [0.4, 0.5) is 0 Å². The van der Waals surface area contributed by atoms with Gasteiger partial charge in [-0.05, 0) is 77.0 Å². The van der Waals surface area contributed by atoms with E-state index in [1.165, 1.54) is 295 Å². The van der Waals surface area contributed by atoms with Gasteiger partial charge in [0.1, 0.15) is 24.4 Å². The molecule has 1 heterocycles. The Kier molecular flexibility index (Phi) is 72.0. The molecule has 7 atom stereocenters. The fourth-order valence-electron chi connectivity index (χ4n) is 13.2. The molecule has 9 heteroatoms. The average Bonchev–Trinajstić information content (AvgIpc) is 0.854. The number of carbonyl (C=O) groups excluding carboxylic acids is 1. The van der Waals surface area contributed by atoms with E-state index in [0.717, 1.165) is 83.5 Å². The number of aliphatic hydroxyl groups is 5. The molecule has 1 rings (SSSR count). The number of unbranched alkanes of at least 4 members (excludes halogenated alkanes) is 50. The van der Waals surface area contributed by atoms with Crippen molar-refractivity contribution >= 4 is 5.91 Å². The summed E-state index contributed by atoms with van der Waals surface area (Å²) in [7, 11) is 0. The Morgan fingerprint density at radius 1 is 0.361 bits per heavy atom. The molecule has 6 N–H and O–H groups in total. The lowest BCUT2D eigenvalue weighted by Crippen LogP contribution is -2.60. The third kappa shape index (κ3) is 63.7. The molecule has 1 aliphatic heterocycles. The van der Waals surface area contributed by atoms with E-state index < -0.39 is 49.5 Å². The van der Waals surface area contributed by atoms with Gasteiger partial charge >= 0.3 is 0 Å². The molecule has 1 saturated heterocycles. The van der Waals surface area contributed by atoms with Gasteiger partial charge in [-0.15, -0.1) is 0 Å². The predicted octanol–water partition coefficient (Wildman–Crippen LogP) is 24.5. The van der Waals surface area contributed by atoms with Crippen molar-refractivity contribution in [3.05, 3.63) is 97.2 Å². The van der Waals surface area contributed by atoms with Crippen LogP contribution in [0.5, 0.6) is 0 Å². The summed E-state index contributed by atoms with van der Waals surface area (Å²) >= 11 is 0. The molecule has 1 aliphatic rings. The highest BCUT2D eigenvalue weighted by Gasteiger charge is 2.44. The van der Waals surface area contributed by atoms with E-state index in [0.29, 0.717) is 6.42 Å². The van der Waals surface area contributed by atoms with Crippen LogP contribution in [-0.4, -0.2) is 87.5 Å². The number of nitrogens with one attached hydrogen (secondary N) is 1. The Morgan fingerprint density at radius 3 is 0.948 bits per heavy atom. The molecule has 564 valence electrons. The van der Waals surface area contributed by atoms with Gasteiger partial charge in [0.15, 0.2) is 6.29 Å². The van der Waals surface area contributed by atoms with Crippen LogP contribution < -0.4 is 5.32 Å². The number of rotatable bonds is 74. The molecule has 9 nitrogen and oxygen atoms in total. The van der Waals surface area contributed by atoms with Crippen molar-refractivity contribution in [1.29, 1.82) is 0 Å². The molecule has 0 spiro atoms. The van der Waals surface area contributed by atoms with Crippen LogP contribution in [0.25, 0.3) is 0 Å². The first kappa shape index (κ1) is 92.1. The lowest BCUT2D eigenvalue weighted by molar-refractivity contribution is -0.302. The van der Waals surface area contributed by atoms with Crippen LogP contribution in [0.3, 0.4) is 0 Å². The molecular formula is C88H159NO8. The number of allylic oxidation sites excluding steroid dienone is 15. The molecule has 7 unspecified atom stereocenters. The minimum Gasteiger partial charge on any atom is -0.394 e. The minimum absolute atomic E-state index is 0.171. The number of carbonyl (C=O) groups is 1. The van der Waals surface area contributed by atoms with Gasteiger partial charge in [0.2, 0.25) is 5.91 Å². The molecule has 0 aromatic carbocycles. The first-order chi connectivity index (χ1) is 47.8. The third-order valence-electron chi connectivity index (χ3n) is 19.7. The average molecular weight is 1360 g/mol. The second-order valence-corrected chi connectivity index (χ2v) is 28.9. The molecule has 0 aromatic heterocycles. The SMILES string of the molecule is CC/C=C\C/C=C\C/C=C\C/C=C\C/C=C\C/C=C\C/C=C\CCCCCCCCCCCCCCCCCCCCCC(=O)NC(COC1OC(CO)C(O)C(O)C1O)C(O)/C=C/CCCCCCCCCCCCCCCCCCCCCCCCCCCCCCCCC. The summed E-state index contributed by atoms with van der Waals surface area (Å²) in [4.78, 5) is 13.2. The Bertz CT molecular complexity index is 1870. The normalized spacial score (nSPS) is 17.9. The van der Waals surface area contributed by atoms with Gasteiger partial charge < -0.3 is 40.3 Å². The molecule has 97 heavy (non-hydrogen) atoms. The molecule has 0 bridgehead atoms. The Hall–Kier alpha value is -2.89. The number of hydrogen-bond acceptors (Lipinski definition) is 8. The van der Waals surface area contributed by atoms with Gasteiger partial charge in [-0.1, -0.05) is 413 Å². The van der Waals surface area contributed by atoms with Crippen LogP contribution in [0.2, 0.25) is 0 Å². The van der Waals surface area contributed by atoms with Crippen molar-refractivity contribution in [2.75, 3.05) is 13.2 Å². The summed E-state index contributed by atoms with van der Waals surface area (Å²) in [6, 6.07) is -0.810. The highest BCUT2D eigenvalue weighted by atomic mass is 16.7. The molecular weight excluding hydrogens is 1200 g/mol. The van der Waals surface area contributed by atoms with Crippen molar-refractivity contribution in [3.8, 4) is 0 Å². The standard InChI is InChI=1S/C88H159NO8/c1-3-5-7-9-11-13-15-17-19-21-23-25-27-29-31-33-35-37-38-39-40-41-42-43-44-46-48-50-52-54-56-58-60-62-64-66-68-70-72-74-76-78-84(92)89-81(80-96-88-87(95)86(94)85(93)83(79-90)97-88)82(91)77-75-73-71-69-67-65-63-61-59-57-55-53-51-49-47-45-36-34-32-30-28-26-24-22-20-18-16-14-12-10-8-6-4-2/h5,7,11,13,17,19,23,25,29,31,35,37,39-40,75,77,81-83,85-88,90-91,93-95H,3-4,6,8-10,12,14-16,18,20-22,24,26-28,30,32-34,36,38,41-74,76,78-80H2,1-2H3,(H,89,92)/b7-5-,13-11-,19-17-,25-23-,31-29-,37-35-,40-39-,77-75+. The van der Waals surface area contributed by atoms with Crippen molar-refractivity contribution in [3.63, 3.8) is 0 Å². The van der Waals surface area contributed by atoms with Crippen molar-refractivity contribution in [2.45, 2.75) is 442 Å². The van der Waals surface area contributed by atoms with Gasteiger partial charge in [-0.3, -0.25) is 4.79 Å². The van der Waals surface area contributed by atoms with Gasteiger partial charge in [0.05, 0.1) is 25.4 Å². The molecule has 0 saturated carbocycles. The minimum atomic E-state index is -1.57. The molecule has 0 radical (unpaired) electrons. The lowest BCUT2D eigenvalue weighted by atomic mass is 9.99. The van der Waals surface area contributed by atoms with E-state index in [1.54, 1.807) is 6.08 Å². The smallest absolute Gasteiger partial charge is 0.220 e. The Labute approximate surface area is 600 Å². The van der Waals surface area contributed by atoms with E-state index in [4.69, 9.17) is 9.47 Å². The lowest BCUT2D eigenvalue weighted by Gasteiger charge is -2.40. The first-order valence-electron chi connectivity index (χ1n) is 42.0. The summed E-state index contributed by atoms with van der Waals surface area (Å²) in [6.45, 7) is 3.72. The van der Waals surface area contributed by atoms with E-state index in [-0.39, 0.29) is 12.5 Å². The summed E-state index contributed by atoms with van der Waals surface area (Å²) in [5, 5.41) is 55.0. The number of hydrogen-bond donors (Lipinski definition) is 6. The zero-order valence-corrected chi connectivity index (χ0v) is 63.6. The van der Waals surface area contributed by atoms with Crippen LogP contribution in [0.1, 0.15) is 399 Å². The highest BCUT2D eigenvalue weighted by Crippen LogP contribution is 2.24. The number of aliphatic hydroxyl groups excluding tert-OH is 5. The van der Waals surface area contributed by atoms with Crippen molar-refractivity contribution in [2.24, 2.45) is 0 Å². The van der Waals surface area contributed by atoms with Gasteiger partial charge in [0.25, 0.3) is 0 Å². The van der Waals surface area contributed by atoms with Crippen LogP contribution >= 0.6 is 0 Å². The van der Waals surface area contributed by atoms with E-state index in [9.17, 15) is 30.3 Å². The monoisotopic (exact) mass is 1360 g/mol. The topological polar surface area (TPSA) is 149 Å². The largest absolute Gasteiger partial charge is 0.394 e. The first-order valence-corrected chi connectivity index (χ1v) is 42.0. The van der Waals surface area contributed by atoms with Gasteiger partial charge in [0, 0.05) is 6.42 Å². The quantitative estimate of drug-likeness (QED) is 0.0261.